The number of hydrogen-bond acceptors (Lipinski definition) is 2. The molecule has 0 saturated heterocycles. The molecule has 1 saturated carbocycles. The van der Waals surface area contributed by atoms with Crippen LogP contribution in [0.2, 0.25) is 0 Å². The number of aliphatic hydroxyl groups is 2. The van der Waals surface area contributed by atoms with E-state index in [4.69, 9.17) is 10.2 Å². The van der Waals surface area contributed by atoms with Crippen molar-refractivity contribution in [2.45, 2.75) is 19.3 Å². The maximum absolute atomic E-state index is 8.95. The summed E-state index contributed by atoms with van der Waals surface area (Å²) in [7, 11) is 0. The minimum absolute atomic E-state index is 0.295. The summed E-state index contributed by atoms with van der Waals surface area (Å²) in [5.74, 6) is 2.64. The molecule has 0 radical (unpaired) electrons. The van der Waals surface area contributed by atoms with Crippen molar-refractivity contribution in [3.63, 3.8) is 0 Å². The van der Waals surface area contributed by atoms with Crippen LogP contribution in [0.15, 0.2) is 12.2 Å². The van der Waals surface area contributed by atoms with Gasteiger partial charge in [0.25, 0.3) is 0 Å². The molecule has 0 heterocycles. The second-order valence-corrected chi connectivity index (χ2v) is 4.30. The molecule has 2 rings (SSSR count). The molecule has 2 aliphatic carbocycles. The third kappa shape index (κ3) is 1.53. The Labute approximate surface area is 79.3 Å². The van der Waals surface area contributed by atoms with Gasteiger partial charge < -0.3 is 10.2 Å². The molecule has 0 amide bonds. The predicted octanol–water partition coefficient (Wildman–Crippen LogP) is 1.19. The fraction of sp³-hybridized carbons (Fsp3) is 0.818. The third-order valence-electron chi connectivity index (χ3n) is 3.72. The normalized spacial score (nSPS) is 41.7. The molecule has 0 aromatic heterocycles. The standard InChI is InChI=1S/C11H18O2/c12-5-3-10-8-1-2-9(7-8)11(10)4-6-13/h1-2,8-13H,3-7H2/t8-,9+,10-,11-/m0/s1. The van der Waals surface area contributed by atoms with Gasteiger partial charge in [-0.1, -0.05) is 12.2 Å². The van der Waals surface area contributed by atoms with Gasteiger partial charge in [-0.3, -0.25) is 0 Å². The number of aliphatic hydroxyl groups excluding tert-OH is 2. The van der Waals surface area contributed by atoms with E-state index in [0.717, 1.165) is 12.8 Å². The Hall–Kier alpha value is -0.340. The van der Waals surface area contributed by atoms with Crippen molar-refractivity contribution < 1.29 is 10.2 Å². The predicted molar refractivity (Wildman–Crippen MR) is 51.1 cm³/mol. The van der Waals surface area contributed by atoms with E-state index >= 15 is 0 Å². The van der Waals surface area contributed by atoms with Crippen LogP contribution < -0.4 is 0 Å². The first-order valence-corrected chi connectivity index (χ1v) is 5.27. The fourth-order valence-corrected chi connectivity index (χ4v) is 3.18. The number of rotatable bonds is 4. The molecule has 2 bridgehead atoms. The number of hydrogen-bond donors (Lipinski definition) is 2. The Morgan fingerprint density at radius 3 is 1.77 bits per heavy atom. The molecule has 0 aromatic rings. The van der Waals surface area contributed by atoms with E-state index in [1.807, 2.05) is 0 Å². The summed E-state index contributed by atoms with van der Waals surface area (Å²) < 4.78 is 0. The van der Waals surface area contributed by atoms with E-state index in [1.54, 1.807) is 0 Å². The van der Waals surface area contributed by atoms with E-state index in [0.29, 0.717) is 36.9 Å². The molecule has 13 heavy (non-hydrogen) atoms. The maximum atomic E-state index is 8.95. The first-order valence-electron chi connectivity index (χ1n) is 5.27. The zero-order chi connectivity index (χ0) is 9.26. The van der Waals surface area contributed by atoms with Gasteiger partial charge in [-0.2, -0.15) is 0 Å². The van der Waals surface area contributed by atoms with E-state index in [-0.39, 0.29) is 0 Å². The van der Waals surface area contributed by atoms with E-state index in [1.165, 1.54) is 6.42 Å². The minimum atomic E-state index is 0.295. The molecule has 0 unspecified atom stereocenters. The van der Waals surface area contributed by atoms with Crippen LogP contribution in [0.4, 0.5) is 0 Å². The lowest BCUT2D eigenvalue weighted by molar-refractivity contribution is 0.174. The molecular formula is C11H18O2. The first-order chi connectivity index (χ1) is 6.36. The Morgan fingerprint density at radius 2 is 1.38 bits per heavy atom. The quantitative estimate of drug-likeness (QED) is 0.641. The monoisotopic (exact) mass is 182 g/mol. The van der Waals surface area contributed by atoms with Crippen LogP contribution in [0.1, 0.15) is 19.3 Å². The van der Waals surface area contributed by atoms with Crippen LogP contribution >= 0.6 is 0 Å². The summed E-state index contributed by atoms with van der Waals surface area (Å²) in [6.45, 7) is 0.591. The van der Waals surface area contributed by atoms with E-state index < -0.39 is 0 Å². The van der Waals surface area contributed by atoms with Crippen molar-refractivity contribution in [1.82, 2.24) is 0 Å². The third-order valence-corrected chi connectivity index (χ3v) is 3.72. The Balaban J connectivity index is 2.02. The largest absolute Gasteiger partial charge is 0.396 e. The highest BCUT2D eigenvalue weighted by Gasteiger charge is 2.43. The van der Waals surface area contributed by atoms with Crippen LogP contribution in [-0.4, -0.2) is 23.4 Å². The number of allylic oxidation sites excluding steroid dienone is 2. The van der Waals surface area contributed by atoms with Gasteiger partial charge in [0, 0.05) is 13.2 Å². The highest BCUT2D eigenvalue weighted by Crippen LogP contribution is 2.50. The maximum Gasteiger partial charge on any atom is 0.0433 e. The Bertz CT molecular complexity index is 180. The van der Waals surface area contributed by atoms with Crippen molar-refractivity contribution in [2.75, 3.05) is 13.2 Å². The van der Waals surface area contributed by atoms with Gasteiger partial charge in [-0.15, -0.1) is 0 Å². The Morgan fingerprint density at radius 1 is 0.923 bits per heavy atom. The van der Waals surface area contributed by atoms with Crippen LogP contribution in [-0.2, 0) is 0 Å². The van der Waals surface area contributed by atoms with Crippen molar-refractivity contribution in [2.24, 2.45) is 23.7 Å². The summed E-state index contributed by atoms with van der Waals surface area (Å²) in [5, 5.41) is 17.9. The fourth-order valence-electron chi connectivity index (χ4n) is 3.18. The van der Waals surface area contributed by atoms with Gasteiger partial charge in [0.1, 0.15) is 0 Å². The summed E-state index contributed by atoms with van der Waals surface area (Å²) >= 11 is 0. The molecule has 0 aliphatic heterocycles. The van der Waals surface area contributed by atoms with Crippen molar-refractivity contribution >= 4 is 0 Å². The van der Waals surface area contributed by atoms with Gasteiger partial charge in [-0.05, 0) is 42.9 Å². The Kier molecular flexibility index (Phi) is 2.70. The molecule has 74 valence electrons. The summed E-state index contributed by atoms with van der Waals surface area (Å²) in [6.07, 6.45) is 7.69. The molecule has 0 spiro atoms. The van der Waals surface area contributed by atoms with Crippen molar-refractivity contribution in [3.05, 3.63) is 12.2 Å². The van der Waals surface area contributed by atoms with Crippen molar-refractivity contribution in [3.8, 4) is 0 Å². The summed E-state index contributed by atoms with van der Waals surface area (Å²) in [6, 6.07) is 0. The van der Waals surface area contributed by atoms with Gasteiger partial charge in [0.2, 0.25) is 0 Å². The molecule has 2 heteroatoms. The van der Waals surface area contributed by atoms with Gasteiger partial charge in [-0.25, -0.2) is 0 Å². The molecular weight excluding hydrogens is 164 g/mol. The highest BCUT2D eigenvalue weighted by molar-refractivity contribution is 5.13. The van der Waals surface area contributed by atoms with E-state index in [2.05, 4.69) is 12.2 Å². The lowest BCUT2D eigenvalue weighted by Crippen LogP contribution is -2.21. The lowest BCUT2D eigenvalue weighted by Gasteiger charge is -2.26. The SMILES string of the molecule is OCC[C@@H]1[C@@H](CCO)[C@H]2C=C[C@@H]1C2. The van der Waals surface area contributed by atoms with Crippen LogP contribution in [0.25, 0.3) is 0 Å². The van der Waals surface area contributed by atoms with E-state index in [9.17, 15) is 0 Å². The zero-order valence-corrected chi connectivity index (χ0v) is 7.89. The summed E-state index contributed by atoms with van der Waals surface area (Å²) in [5.41, 5.74) is 0. The molecule has 2 aliphatic rings. The highest BCUT2D eigenvalue weighted by atomic mass is 16.3. The average Bonchev–Trinajstić information content (AvgIpc) is 2.69. The minimum Gasteiger partial charge on any atom is -0.396 e. The van der Waals surface area contributed by atoms with Gasteiger partial charge in [0.05, 0.1) is 0 Å². The smallest absolute Gasteiger partial charge is 0.0433 e. The average molecular weight is 182 g/mol. The summed E-state index contributed by atoms with van der Waals surface area (Å²) in [4.78, 5) is 0. The second kappa shape index (κ2) is 3.81. The van der Waals surface area contributed by atoms with Crippen LogP contribution in [0, 0.1) is 23.7 Å². The van der Waals surface area contributed by atoms with Crippen LogP contribution in [0.5, 0.6) is 0 Å². The topological polar surface area (TPSA) is 40.5 Å². The van der Waals surface area contributed by atoms with Crippen LogP contribution in [0.3, 0.4) is 0 Å². The molecule has 2 N–H and O–H groups in total. The second-order valence-electron chi connectivity index (χ2n) is 4.30. The lowest BCUT2D eigenvalue weighted by atomic mass is 9.79. The first kappa shape index (κ1) is 9.22. The molecule has 2 nitrogen and oxygen atoms in total. The zero-order valence-electron chi connectivity index (χ0n) is 7.89. The van der Waals surface area contributed by atoms with Gasteiger partial charge in [0.15, 0.2) is 0 Å². The molecule has 4 atom stereocenters. The molecule has 1 fully saturated rings. The van der Waals surface area contributed by atoms with Gasteiger partial charge >= 0.3 is 0 Å². The molecule has 0 aromatic carbocycles. The van der Waals surface area contributed by atoms with Crippen molar-refractivity contribution in [1.29, 1.82) is 0 Å². The number of fused-ring (bicyclic) bond motifs is 2.